The fourth-order valence-corrected chi connectivity index (χ4v) is 1.66. The number of aliphatic hydroxyl groups excluding tert-OH is 1. The van der Waals surface area contributed by atoms with Gasteiger partial charge in [-0.25, -0.2) is 0 Å². The summed E-state index contributed by atoms with van der Waals surface area (Å²) < 4.78 is 6.58. The molecule has 18 heavy (non-hydrogen) atoms. The predicted octanol–water partition coefficient (Wildman–Crippen LogP) is 0.388. The van der Waals surface area contributed by atoms with Crippen LogP contribution in [-0.2, 0) is 4.74 Å². The number of nitrogen functional groups attached to an aromatic ring is 1. The number of carbonyl (C=O) groups excluding carboxylic acids is 1. The summed E-state index contributed by atoms with van der Waals surface area (Å²) in [4.78, 5) is 12.0. The second-order valence-electron chi connectivity index (χ2n) is 4.48. The van der Waals surface area contributed by atoms with E-state index in [0.29, 0.717) is 11.4 Å². The lowest BCUT2D eigenvalue weighted by Crippen LogP contribution is -2.35. The van der Waals surface area contributed by atoms with Gasteiger partial charge in [0.2, 0.25) is 0 Å². The maximum atomic E-state index is 12.0. The molecule has 1 aromatic heterocycles. The largest absolute Gasteiger partial charge is 0.397 e. The summed E-state index contributed by atoms with van der Waals surface area (Å²) in [5.41, 5.74) is 6.73. The number of nitrogens with zero attached hydrogens (tertiary/aromatic N) is 1. The zero-order chi connectivity index (χ0) is 13.7. The van der Waals surface area contributed by atoms with Gasteiger partial charge in [0.1, 0.15) is 5.69 Å². The van der Waals surface area contributed by atoms with Crippen LogP contribution in [-0.4, -0.2) is 41.9 Å². The molecule has 0 aliphatic rings. The Balaban J connectivity index is 2.66. The molecule has 0 aliphatic carbocycles. The topological polar surface area (TPSA) is 89.5 Å². The zero-order valence-corrected chi connectivity index (χ0v) is 11.0. The number of aliphatic hydroxyl groups is 1. The second-order valence-corrected chi connectivity index (χ2v) is 4.48. The van der Waals surface area contributed by atoms with Crippen LogP contribution < -0.4 is 11.1 Å². The lowest BCUT2D eigenvalue weighted by atomic mass is 10.3. The minimum absolute atomic E-state index is 0.145. The van der Waals surface area contributed by atoms with Crippen molar-refractivity contribution in [1.29, 1.82) is 0 Å². The van der Waals surface area contributed by atoms with Crippen LogP contribution in [0.15, 0.2) is 12.3 Å². The van der Waals surface area contributed by atoms with Crippen molar-refractivity contribution in [1.82, 2.24) is 9.88 Å². The van der Waals surface area contributed by atoms with Crippen LogP contribution in [0.3, 0.4) is 0 Å². The zero-order valence-electron chi connectivity index (χ0n) is 11.0. The van der Waals surface area contributed by atoms with E-state index in [4.69, 9.17) is 10.5 Å². The summed E-state index contributed by atoms with van der Waals surface area (Å²) >= 11 is 0. The monoisotopic (exact) mass is 255 g/mol. The van der Waals surface area contributed by atoms with Crippen molar-refractivity contribution in [2.45, 2.75) is 26.0 Å². The molecule has 1 heterocycles. The van der Waals surface area contributed by atoms with Crippen molar-refractivity contribution in [3.05, 3.63) is 18.0 Å². The van der Waals surface area contributed by atoms with Crippen molar-refractivity contribution in [3.8, 4) is 0 Å². The normalized spacial score (nSPS) is 12.7. The standard InChI is InChI=1S/C12H21N3O3/c1-8(2)15-6-9(13)4-11(15)12(17)14-5-10(16)7-18-3/h4,6,8,10,16H,5,7,13H2,1-3H3,(H,14,17). The summed E-state index contributed by atoms with van der Waals surface area (Å²) in [5, 5.41) is 12.1. The molecule has 0 fully saturated rings. The van der Waals surface area contributed by atoms with Gasteiger partial charge in [0.15, 0.2) is 0 Å². The van der Waals surface area contributed by atoms with Crippen LogP contribution >= 0.6 is 0 Å². The third-order valence-corrected chi connectivity index (χ3v) is 2.52. The molecule has 0 spiro atoms. The number of amides is 1. The number of hydrogen-bond donors (Lipinski definition) is 3. The highest BCUT2D eigenvalue weighted by Crippen LogP contribution is 2.16. The molecule has 0 radical (unpaired) electrons. The van der Waals surface area contributed by atoms with Crippen LogP contribution in [0.5, 0.6) is 0 Å². The van der Waals surface area contributed by atoms with Gasteiger partial charge in [-0.2, -0.15) is 0 Å². The number of methoxy groups -OCH3 is 1. The fraction of sp³-hybridized carbons (Fsp3) is 0.583. The Morgan fingerprint density at radius 2 is 2.28 bits per heavy atom. The summed E-state index contributed by atoms with van der Waals surface area (Å²) in [5.74, 6) is -0.254. The van der Waals surface area contributed by atoms with Gasteiger partial charge in [-0.1, -0.05) is 0 Å². The van der Waals surface area contributed by atoms with Gasteiger partial charge in [0.05, 0.1) is 18.4 Å². The summed E-state index contributed by atoms with van der Waals surface area (Å²) in [6.07, 6.45) is 1.02. The van der Waals surface area contributed by atoms with Crippen LogP contribution in [0.2, 0.25) is 0 Å². The van der Waals surface area contributed by atoms with E-state index in [2.05, 4.69) is 5.32 Å². The number of hydrogen-bond acceptors (Lipinski definition) is 4. The highest BCUT2D eigenvalue weighted by molar-refractivity contribution is 5.93. The Morgan fingerprint density at radius 3 is 2.83 bits per heavy atom. The van der Waals surface area contributed by atoms with Gasteiger partial charge in [0.25, 0.3) is 5.91 Å². The average Bonchev–Trinajstić information content (AvgIpc) is 2.69. The molecule has 6 nitrogen and oxygen atoms in total. The molecular formula is C12H21N3O3. The Labute approximate surface area is 107 Å². The van der Waals surface area contributed by atoms with Gasteiger partial charge in [-0.15, -0.1) is 0 Å². The van der Waals surface area contributed by atoms with Gasteiger partial charge in [0, 0.05) is 25.9 Å². The first kappa shape index (κ1) is 14.5. The summed E-state index contributed by atoms with van der Waals surface area (Å²) in [7, 11) is 1.50. The SMILES string of the molecule is COCC(O)CNC(=O)c1cc(N)cn1C(C)C. The molecule has 0 aliphatic heterocycles. The molecule has 1 amide bonds. The minimum atomic E-state index is -0.709. The molecule has 0 bridgehead atoms. The quantitative estimate of drug-likeness (QED) is 0.686. The van der Waals surface area contributed by atoms with Crippen molar-refractivity contribution in [2.75, 3.05) is 26.0 Å². The van der Waals surface area contributed by atoms with E-state index >= 15 is 0 Å². The molecule has 0 saturated carbocycles. The number of nitrogens with two attached hydrogens (primary N) is 1. The van der Waals surface area contributed by atoms with Crippen molar-refractivity contribution in [3.63, 3.8) is 0 Å². The molecule has 4 N–H and O–H groups in total. The molecule has 1 aromatic rings. The van der Waals surface area contributed by atoms with Crippen LogP contribution in [0.25, 0.3) is 0 Å². The van der Waals surface area contributed by atoms with Crippen molar-refractivity contribution in [2.24, 2.45) is 0 Å². The van der Waals surface area contributed by atoms with E-state index in [1.807, 2.05) is 13.8 Å². The molecular weight excluding hydrogens is 234 g/mol. The van der Waals surface area contributed by atoms with Crippen molar-refractivity contribution < 1.29 is 14.6 Å². The summed E-state index contributed by atoms with van der Waals surface area (Å²) in [6, 6.07) is 1.77. The van der Waals surface area contributed by atoms with E-state index in [1.165, 1.54) is 7.11 Å². The summed E-state index contributed by atoms with van der Waals surface area (Å²) in [6.45, 7) is 4.27. The number of anilines is 1. The van der Waals surface area contributed by atoms with Crippen LogP contribution in [0, 0.1) is 0 Å². The van der Waals surface area contributed by atoms with Gasteiger partial charge in [-0.05, 0) is 19.9 Å². The maximum absolute atomic E-state index is 12.0. The molecule has 1 unspecified atom stereocenters. The Morgan fingerprint density at radius 1 is 1.61 bits per heavy atom. The molecule has 0 aromatic carbocycles. The number of ether oxygens (including phenoxy) is 1. The van der Waals surface area contributed by atoms with E-state index in [1.54, 1.807) is 16.8 Å². The molecule has 1 atom stereocenters. The van der Waals surface area contributed by atoms with E-state index < -0.39 is 6.10 Å². The fourth-order valence-electron chi connectivity index (χ4n) is 1.66. The predicted molar refractivity (Wildman–Crippen MR) is 69.4 cm³/mol. The molecule has 1 rings (SSSR count). The van der Waals surface area contributed by atoms with Crippen molar-refractivity contribution >= 4 is 11.6 Å². The number of aromatic nitrogens is 1. The Hall–Kier alpha value is -1.53. The Bertz CT molecular complexity index is 401. The highest BCUT2D eigenvalue weighted by Gasteiger charge is 2.15. The Kier molecular flexibility index (Phi) is 5.18. The van der Waals surface area contributed by atoms with E-state index in [0.717, 1.165) is 0 Å². The molecule has 6 heteroatoms. The van der Waals surface area contributed by atoms with E-state index in [9.17, 15) is 9.90 Å². The first-order valence-corrected chi connectivity index (χ1v) is 5.88. The number of rotatable bonds is 6. The van der Waals surface area contributed by atoms with Gasteiger partial charge in [-0.3, -0.25) is 4.79 Å². The first-order valence-electron chi connectivity index (χ1n) is 5.88. The minimum Gasteiger partial charge on any atom is -0.397 e. The van der Waals surface area contributed by atoms with Crippen LogP contribution in [0.4, 0.5) is 5.69 Å². The molecule has 0 saturated heterocycles. The highest BCUT2D eigenvalue weighted by atomic mass is 16.5. The maximum Gasteiger partial charge on any atom is 0.268 e. The number of nitrogens with one attached hydrogen (secondary N) is 1. The lowest BCUT2D eigenvalue weighted by Gasteiger charge is -2.14. The third-order valence-electron chi connectivity index (χ3n) is 2.52. The first-order chi connectivity index (χ1) is 8.45. The van der Waals surface area contributed by atoms with E-state index in [-0.39, 0.29) is 25.1 Å². The lowest BCUT2D eigenvalue weighted by molar-refractivity contribution is 0.0607. The van der Waals surface area contributed by atoms with Crippen LogP contribution in [0.1, 0.15) is 30.4 Å². The van der Waals surface area contributed by atoms with Gasteiger partial charge < -0.3 is 25.5 Å². The smallest absolute Gasteiger partial charge is 0.268 e. The molecule has 102 valence electrons. The van der Waals surface area contributed by atoms with Gasteiger partial charge >= 0.3 is 0 Å². The third kappa shape index (κ3) is 3.75. The number of carbonyl (C=O) groups is 1. The average molecular weight is 255 g/mol. The second kappa shape index (κ2) is 6.42.